The summed E-state index contributed by atoms with van der Waals surface area (Å²) in [7, 11) is 4.77. The highest BCUT2D eigenvalue weighted by Gasteiger charge is 2.27. The van der Waals surface area contributed by atoms with Gasteiger partial charge in [0.25, 0.3) is 5.89 Å². The van der Waals surface area contributed by atoms with E-state index in [-0.39, 0.29) is 17.7 Å². The fraction of sp³-hybridized carbons (Fsp3) is 0.286. The first-order chi connectivity index (χ1) is 14.1. The van der Waals surface area contributed by atoms with Crippen molar-refractivity contribution in [2.45, 2.75) is 13.0 Å². The van der Waals surface area contributed by atoms with Crippen LogP contribution in [0.3, 0.4) is 0 Å². The standard InChI is InChI=1S/C21H21N3O5/c1-26-16-7-5-4-6-15(16)19-22-23-20(29-19)21(25)24-9-8-13-10-17(27-2)18(28-3)11-14(13)12-24/h4-7,10-11H,8-9,12H2,1-3H3. The largest absolute Gasteiger partial charge is 0.496 e. The van der Waals surface area contributed by atoms with Crippen LogP contribution in [0.15, 0.2) is 40.8 Å². The zero-order valence-electron chi connectivity index (χ0n) is 16.5. The zero-order valence-corrected chi connectivity index (χ0v) is 16.5. The minimum absolute atomic E-state index is 0.0465. The van der Waals surface area contributed by atoms with Crippen LogP contribution in [0.5, 0.6) is 17.2 Å². The monoisotopic (exact) mass is 395 g/mol. The van der Waals surface area contributed by atoms with Crippen LogP contribution in [-0.2, 0) is 13.0 Å². The predicted octanol–water partition coefficient (Wildman–Crippen LogP) is 2.96. The number of methoxy groups -OCH3 is 3. The first kappa shape index (κ1) is 18.8. The van der Waals surface area contributed by atoms with Gasteiger partial charge >= 0.3 is 11.8 Å². The van der Waals surface area contributed by atoms with Crippen molar-refractivity contribution >= 4 is 5.91 Å². The van der Waals surface area contributed by atoms with Gasteiger partial charge in [0.1, 0.15) is 5.75 Å². The molecule has 2 heterocycles. The maximum atomic E-state index is 12.9. The van der Waals surface area contributed by atoms with Gasteiger partial charge in [0.05, 0.1) is 26.9 Å². The van der Waals surface area contributed by atoms with E-state index >= 15 is 0 Å². The number of carbonyl (C=O) groups excluding carboxylic acids is 1. The van der Waals surface area contributed by atoms with Gasteiger partial charge in [-0.1, -0.05) is 12.1 Å². The molecule has 150 valence electrons. The van der Waals surface area contributed by atoms with Crippen molar-refractivity contribution in [2.24, 2.45) is 0 Å². The third-order valence-electron chi connectivity index (χ3n) is 4.95. The number of fused-ring (bicyclic) bond motifs is 1. The molecule has 2 aromatic carbocycles. The van der Waals surface area contributed by atoms with Crippen LogP contribution in [0.1, 0.15) is 21.8 Å². The molecule has 0 atom stereocenters. The van der Waals surface area contributed by atoms with E-state index in [1.807, 2.05) is 24.3 Å². The van der Waals surface area contributed by atoms with Gasteiger partial charge in [-0.05, 0) is 41.8 Å². The van der Waals surface area contributed by atoms with Gasteiger partial charge in [-0.15, -0.1) is 10.2 Å². The molecular weight excluding hydrogens is 374 g/mol. The zero-order chi connectivity index (χ0) is 20.4. The summed E-state index contributed by atoms with van der Waals surface area (Å²) in [4.78, 5) is 14.6. The molecule has 0 saturated carbocycles. The highest BCUT2D eigenvalue weighted by Crippen LogP contribution is 2.34. The summed E-state index contributed by atoms with van der Waals surface area (Å²) in [6, 6.07) is 11.2. The van der Waals surface area contributed by atoms with E-state index < -0.39 is 0 Å². The third kappa shape index (κ3) is 3.49. The van der Waals surface area contributed by atoms with Crippen LogP contribution >= 0.6 is 0 Å². The van der Waals surface area contributed by atoms with E-state index in [9.17, 15) is 4.79 Å². The number of ether oxygens (including phenoxy) is 3. The molecule has 0 unspecified atom stereocenters. The molecule has 4 rings (SSSR count). The van der Waals surface area contributed by atoms with Crippen molar-refractivity contribution in [3.05, 3.63) is 53.4 Å². The Morgan fingerprint density at radius 1 is 0.966 bits per heavy atom. The number of hydrogen-bond donors (Lipinski definition) is 0. The minimum Gasteiger partial charge on any atom is -0.496 e. The quantitative estimate of drug-likeness (QED) is 0.656. The minimum atomic E-state index is -0.306. The molecule has 1 aromatic heterocycles. The molecule has 0 bridgehead atoms. The second-order valence-electron chi connectivity index (χ2n) is 6.57. The van der Waals surface area contributed by atoms with Crippen LogP contribution in [0.4, 0.5) is 0 Å². The number of rotatable bonds is 5. The molecule has 29 heavy (non-hydrogen) atoms. The van der Waals surface area contributed by atoms with Gasteiger partial charge < -0.3 is 23.5 Å². The van der Waals surface area contributed by atoms with Crippen molar-refractivity contribution < 1.29 is 23.4 Å². The molecule has 0 fully saturated rings. The van der Waals surface area contributed by atoms with Crippen LogP contribution in [0.2, 0.25) is 0 Å². The van der Waals surface area contributed by atoms with Crippen LogP contribution in [0, 0.1) is 0 Å². The molecule has 0 saturated heterocycles. The lowest BCUT2D eigenvalue weighted by Gasteiger charge is -2.28. The van der Waals surface area contributed by atoms with Gasteiger partial charge in [-0.25, -0.2) is 0 Å². The first-order valence-corrected chi connectivity index (χ1v) is 9.14. The molecule has 0 aliphatic carbocycles. The number of hydrogen-bond acceptors (Lipinski definition) is 7. The van der Waals surface area contributed by atoms with Gasteiger partial charge in [-0.2, -0.15) is 0 Å². The molecule has 8 heteroatoms. The molecule has 1 amide bonds. The fourth-order valence-electron chi connectivity index (χ4n) is 3.43. The Balaban J connectivity index is 1.57. The van der Waals surface area contributed by atoms with Crippen LogP contribution in [-0.4, -0.2) is 48.9 Å². The number of carbonyl (C=O) groups is 1. The Morgan fingerprint density at radius 2 is 1.66 bits per heavy atom. The number of nitrogens with zero attached hydrogens (tertiary/aromatic N) is 3. The van der Waals surface area contributed by atoms with E-state index in [0.29, 0.717) is 42.3 Å². The highest BCUT2D eigenvalue weighted by molar-refractivity contribution is 5.90. The smallest absolute Gasteiger partial charge is 0.311 e. The second-order valence-corrected chi connectivity index (χ2v) is 6.57. The van der Waals surface area contributed by atoms with Gasteiger partial charge in [0, 0.05) is 13.1 Å². The van der Waals surface area contributed by atoms with Gasteiger partial charge in [-0.3, -0.25) is 4.79 Å². The van der Waals surface area contributed by atoms with E-state index in [2.05, 4.69) is 10.2 Å². The summed E-state index contributed by atoms with van der Waals surface area (Å²) in [6.07, 6.45) is 0.703. The van der Waals surface area contributed by atoms with Crippen LogP contribution < -0.4 is 14.2 Å². The predicted molar refractivity (Wildman–Crippen MR) is 104 cm³/mol. The van der Waals surface area contributed by atoms with Gasteiger partial charge in [0.15, 0.2) is 11.5 Å². The Bertz CT molecular complexity index is 1050. The highest BCUT2D eigenvalue weighted by atomic mass is 16.5. The maximum absolute atomic E-state index is 12.9. The molecule has 0 spiro atoms. The average Bonchev–Trinajstić information content (AvgIpc) is 3.27. The van der Waals surface area contributed by atoms with Crippen LogP contribution in [0.25, 0.3) is 11.5 Å². The summed E-state index contributed by atoms with van der Waals surface area (Å²) in [5.41, 5.74) is 2.78. The van der Waals surface area contributed by atoms with Crippen molar-refractivity contribution in [3.63, 3.8) is 0 Å². The SMILES string of the molecule is COc1cc2c(cc1OC)CN(C(=O)c1nnc(-c3ccccc3OC)o1)CC2. The molecule has 1 aliphatic rings. The summed E-state index contributed by atoms with van der Waals surface area (Å²) in [6.45, 7) is 0.981. The van der Waals surface area contributed by atoms with Crippen molar-refractivity contribution in [2.75, 3.05) is 27.9 Å². The first-order valence-electron chi connectivity index (χ1n) is 9.14. The molecule has 3 aromatic rings. The second kappa shape index (κ2) is 7.83. The Hall–Kier alpha value is -3.55. The van der Waals surface area contributed by atoms with E-state index in [4.69, 9.17) is 18.6 Å². The average molecular weight is 395 g/mol. The Labute approximate surface area is 168 Å². The van der Waals surface area contributed by atoms with Crippen molar-refractivity contribution in [1.29, 1.82) is 0 Å². The summed E-state index contributed by atoms with van der Waals surface area (Å²) < 4.78 is 21.7. The van der Waals surface area contributed by atoms with E-state index in [1.165, 1.54) is 0 Å². The van der Waals surface area contributed by atoms with E-state index in [0.717, 1.165) is 11.1 Å². The normalized spacial score (nSPS) is 13.0. The van der Waals surface area contributed by atoms with Gasteiger partial charge in [0.2, 0.25) is 0 Å². The lowest BCUT2D eigenvalue weighted by molar-refractivity contribution is 0.0694. The Morgan fingerprint density at radius 3 is 2.38 bits per heavy atom. The molecule has 1 aliphatic heterocycles. The number of amides is 1. The summed E-state index contributed by atoms with van der Waals surface area (Å²) in [5, 5.41) is 7.98. The molecule has 8 nitrogen and oxygen atoms in total. The summed E-state index contributed by atoms with van der Waals surface area (Å²) >= 11 is 0. The molecule has 0 N–H and O–H groups in total. The maximum Gasteiger partial charge on any atom is 0.311 e. The topological polar surface area (TPSA) is 86.9 Å². The lowest BCUT2D eigenvalue weighted by Crippen LogP contribution is -2.36. The number of aromatic nitrogens is 2. The number of para-hydroxylation sites is 1. The fourth-order valence-corrected chi connectivity index (χ4v) is 3.43. The lowest BCUT2D eigenvalue weighted by atomic mass is 9.98. The summed E-state index contributed by atoms with van der Waals surface area (Å²) in [5.74, 6) is 1.81. The number of benzene rings is 2. The molecular formula is C21H21N3O5. The third-order valence-corrected chi connectivity index (χ3v) is 4.95. The molecule has 0 radical (unpaired) electrons. The van der Waals surface area contributed by atoms with E-state index in [1.54, 1.807) is 38.4 Å². The Kier molecular flexibility index (Phi) is 5.07. The van der Waals surface area contributed by atoms with Crippen molar-refractivity contribution in [1.82, 2.24) is 15.1 Å². The van der Waals surface area contributed by atoms with Crippen molar-refractivity contribution in [3.8, 4) is 28.7 Å².